The van der Waals surface area contributed by atoms with Crippen molar-refractivity contribution in [2.75, 3.05) is 0 Å². The highest BCUT2D eigenvalue weighted by molar-refractivity contribution is 5.70. The number of nitrogens with zero attached hydrogens (tertiary/aromatic N) is 6. The van der Waals surface area contributed by atoms with Gasteiger partial charge in [0.1, 0.15) is 0 Å². The lowest BCUT2D eigenvalue weighted by Crippen LogP contribution is -2.08. The van der Waals surface area contributed by atoms with Gasteiger partial charge in [0.15, 0.2) is 34.9 Å². The largest absolute Gasteiger partial charge is 0.208 e. The van der Waals surface area contributed by atoms with Crippen LogP contribution in [0, 0.1) is 11.8 Å². The van der Waals surface area contributed by atoms with Crippen molar-refractivity contribution < 1.29 is 0 Å². The van der Waals surface area contributed by atoms with E-state index in [4.69, 9.17) is 29.9 Å². The molecule has 2 aliphatic carbocycles. The lowest BCUT2D eigenvalue weighted by Gasteiger charge is -2.22. The van der Waals surface area contributed by atoms with Crippen molar-refractivity contribution in [3.63, 3.8) is 0 Å². The third kappa shape index (κ3) is 5.91. The minimum atomic E-state index is 0.608. The molecule has 2 fully saturated rings. The highest BCUT2D eigenvalue weighted by atomic mass is 15.0. The van der Waals surface area contributed by atoms with Crippen LogP contribution in [0.3, 0.4) is 0 Å². The molecule has 3 unspecified atom stereocenters. The first-order chi connectivity index (χ1) is 24.2. The highest BCUT2D eigenvalue weighted by Crippen LogP contribution is 2.52. The van der Waals surface area contributed by atoms with Crippen LogP contribution in [0.25, 0.3) is 68.3 Å². The van der Waals surface area contributed by atoms with E-state index in [1.54, 1.807) is 0 Å². The Morgan fingerprint density at radius 2 is 0.653 bits per heavy atom. The van der Waals surface area contributed by atoms with Gasteiger partial charge in [0, 0.05) is 33.4 Å². The van der Waals surface area contributed by atoms with Gasteiger partial charge in [0.25, 0.3) is 0 Å². The van der Waals surface area contributed by atoms with Crippen LogP contribution in [-0.4, -0.2) is 29.9 Å². The minimum Gasteiger partial charge on any atom is -0.208 e. The fourth-order valence-electron chi connectivity index (χ4n) is 7.59. The standard InChI is InChI=1S/C43H34N6/c1-4-10-30(11-5-1)38-44-39(31-12-6-2-7-13-31)46-42(45-38)34-22-24-35(25-23-34)43-48-40(32-14-8-3-9-15-32)47-41(49-43)33-20-18-29(19-21-33)37-27-28-16-17-36(37)26-28/h1-15,18-25,28,36-37H,16-17,26-27H2. The summed E-state index contributed by atoms with van der Waals surface area (Å²) >= 11 is 0. The first-order valence-corrected chi connectivity index (χ1v) is 17.1. The Labute approximate surface area is 286 Å². The fourth-order valence-corrected chi connectivity index (χ4v) is 7.59. The van der Waals surface area contributed by atoms with Gasteiger partial charge in [-0.15, -0.1) is 0 Å². The summed E-state index contributed by atoms with van der Waals surface area (Å²) in [6, 6.07) is 47.3. The second-order valence-electron chi connectivity index (χ2n) is 13.2. The molecule has 6 heteroatoms. The van der Waals surface area contributed by atoms with Gasteiger partial charge < -0.3 is 0 Å². The van der Waals surface area contributed by atoms with E-state index >= 15 is 0 Å². The van der Waals surface area contributed by atoms with Crippen molar-refractivity contribution in [2.45, 2.75) is 31.6 Å². The van der Waals surface area contributed by atoms with Gasteiger partial charge in [-0.25, -0.2) is 29.9 Å². The van der Waals surface area contributed by atoms with Crippen molar-refractivity contribution >= 4 is 0 Å². The number of fused-ring (bicyclic) bond motifs is 2. The van der Waals surface area contributed by atoms with Crippen LogP contribution in [0.2, 0.25) is 0 Å². The summed E-state index contributed by atoms with van der Waals surface area (Å²) in [5.74, 6) is 6.28. The monoisotopic (exact) mass is 634 g/mol. The third-order valence-electron chi connectivity index (χ3n) is 10.1. The highest BCUT2D eigenvalue weighted by Gasteiger charge is 2.40. The summed E-state index contributed by atoms with van der Waals surface area (Å²) in [4.78, 5) is 29.5. The third-order valence-corrected chi connectivity index (χ3v) is 10.1. The molecule has 0 spiro atoms. The maximum absolute atomic E-state index is 5.01. The van der Waals surface area contributed by atoms with Crippen molar-refractivity contribution in [1.29, 1.82) is 0 Å². The van der Waals surface area contributed by atoms with Crippen LogP contribution in [0.1, 0.15) is 37.2 Å². The van der Waals surface area contributed by atoms with Crippen LogP contribution < -0.4 is 0 Å². The van der Waals surface area contributed by atoms with Crippen molar-refractivity contribution in [3.8, 4) is 68.3 Å². The van der Waals surface area contributed by atoms with Gasteiger partial charge in [-0.1, -0.05) is 146 Å². The average molecular weight is 635 g/mol. The first-order valence-electron chi connectivity index (χ1n) is 17.1. The molecule has 2 heterocycles. The van der Waals surface area contributed by atoms with E-state index in [1.165, 1.54) is 31.2 Å². The summed E-state index contributed by atoms with van der Waals surface area (Å²) in [5, 5.41) is 0. The number of aromatic nitrogens is 6. The Morgan fingerprint density at radius 3 is 0.959 bits per heavy atom. The lowest BCUT2D eigenvalue weighted by molar-refractivity contribution is 0.420. The minimum absolute atomic E-state index is 0.608. The Morgan fingerprint density at radius 1 is 0.327 bits per heavy atom. The van der Waals surface area contributed by atoms with E-state index in [0.29, 0.717) is 40.9 Å². The predicted molar refractivity (Wildman–Crippen MR) is 194 cm³/mol. The van der Waals surface area contributed by atoms with Crippen LogP contribution in [0.5, 0.6) is 0 Å². The summed E-state index contributed by atoms with van der Waals surface area (Å²) in [5.41, 5.74) is 7.06. The van der Waals surface area contributed by atoms with E-state index in [-0.39, 0.29) is 0 Å². The Bertz CT molecular complexity index is 2160. The summed E-state index contributed by atoms with van der Waals surface area (Å²) in [6.07, 6.45) is 5.52. The molecule has 6 nitrogen and oxygen atoms in total. The normalized spacial score (nSPS) is 18.1. The molecule has 236 valence electrons. The summed E-state index contributed by atoms with van der Waals surface area (Å²) in [6.45, 7) is 0. The molecule has 3 atom stereocenters. The molecular formula is C43H34N6. The molecule has 2 aliphatic rings. The molecule has 0 radical (unpaired) electrons. The van der Waals surface area contributed by atoms with E-state index in [2.05, 4.69) is 24.3 Å². The number of rotatable bonds is 7. The maximum atomic E-state index is 5.01. The second kappa shape index (κ2) is 12.6. The number of hydrogen-bond acceptors (Lipinski definition) is 6. The van der Waals surface area contributed by atoms with E-state index < -0.39 is 0 Å². The van der Waals surface area contributed by atoms with Crippen LogP contribution >= 0.6 is 0 Å². The molecule has 0 aliphatic heterocycles. The SMILES string of the molecule is c1ccc(-c2nc(-c3ccccc3)nc(-c3ccc(-c4nc(-c5ccccc5)nc(-c5ccc(C6CC7CCC6C7)cc5)n4)cc3)n2)cc1. The summed E-state index contributed by atoms with van der Waals surface area (Å²) in [7, 11) is 0. The zero-order valence-electron chi connectivity index (χ0n) is 27.0. The zero-order chi connectivity index (χ0) is 32.6. The van der Waals surface area contributed by atoms with E-state index in [0.717, 1.165) is 45.2 Å². The molecule has 2 aromatic heterocycles. The fraction of sp³-hybridized carbons (Fsp3) is 0.163. The van der Waals surface area contributed by atoms with Gasteiger partial charge in [-0.05, 0) is 42.6 Å². The lowest BCUT2D eigenvalue weighted by atomic mass is 9.83. The van der Waals surface area contributed by atoms with Gasteiger partial charge in [0.05, 0.1) is 0 Å². The van der Waals surface area contributed by atoms with Gasteiger partial charge in [-0.2, -0.15) is 0 Å². The number of hydrogen-bond donors (Lipinski definition) is 0. The Balaban J connectivity index is 1.08. The Kier molecular flexibility index (Phi) is 7.54. The molecule has 5 aromatic carbocycles. The van der Waals surface area contributed by atoms with Gasteiger partial charge >= 0.3 is 0 Å². The molecule has 0 saturated heterocycles. The molecule has 0 N–H and O–H groups in total. The van der Waals surface area contributed by atoms with Crippen LogP contribution in [0.4, 0.5) is 0 Å². The molecule has 9 rings (SSSR count). The zero-order valence-corrected chi connectivity index (χ0v) is 27.0. The van der Waals surface area contributed by atoms with Gasteiger partial charge in [-0.3, -0.25) is 0 Å². The molecule has 7 aromatic rings. The molecule has 2 bridgehead atoms. The quantitative estimate of drug-likeness (QED) is 0.174. The molecule has 0 amide bonds. The van der Waals surface area contributed by atoms with Crippen LogP contribution in [-0.2, 0) is 0 Å². The molecular weight excluding hydrogens is 601 g/mol. The first kappa shape index (κ1) is 29.3. The van der Waals surface area contributed by atoms with Crippen molar-refractivity contribution in [3.05, 3.63) is 145 Å². The van der Waals surface area contributed by atoms with Gasteiger partial charge in [0.2, 0.25) is 0 Å². The van der Waals surface area contributed by atoms with Crippen molar-refractivity contribution in [1.82, 2.24) is 29.9 Å². The number of benzene rings is 5. The van der Waals surface area contributed by atoms with Crippen LogP contribution in [0.15, 0.2) is 140 Å². The molecule has 2 saturated carbocycles. The van der Waals surface area contributed by atoms with E-state index in [1.807, 2.05) is 115 Å². The van der Waals surface area contributed by atoms with E-state index in [9.17, 15) is 0 Å². The summed E-state index contributed by atoms with van der Waals surface area (Å²) < 4.78 is 0. The predicted octanol–water partition coefficient (Wildman–Crippen LogP) is 9.96. The second-order valence-corrected chi connectivity index (χ2v) is 13.2. The Hall–Kier alpha value is -5.88. The topological polar surface area (TPSA) is 77.3 Å². The molecule has 49 heavy (non-hydrogen) atoms. The maximum Gasteiger partial charge on any atom is 0.164 e. The smallest absolute Gasteiger partial charge is 0.164 e. The van der Waals surface area contributed by atoms with Crippen molar-refractivity contribution in [2.24, 2.45) is 11.8 Å². The average Bonchev–Trinajstić information content (AvgIpc) is 3.83.